The van der Waals surface area contributed by atoms with Crippen LogP contribution in [0.15, 0.2) is 35.1 Å². The molecular formula is C20H27ClN4O2. The fourth-order valence-electron chi connectivity index (χ4n) is 3.71. The van der Waals surface area contributed by atoms with Gasteiger partial charge in [-0.1, -0.05) is 23.7 Å². The minimum Gasteiger partial charge on any atom is -0.383 e. The first-order valence-corrected chi connectivity index (χ1v) is 9.64. The van der Waals surface area contributed by atoms with E-state index in [-0.39, 0.29) is 0 Å². The van der Waals surface area contributed by atoms with Gasteiger partial charge in [0, 0.05) is 31.8 Å². The van der Waals surface area contributed by atoms with Crippen molar-refractivity contribution in [3.05, 3.63) is 40.7 Å². The molecule has 3 rings (SSSR count). The third-order valence-corrected chi connectivity index (χ3v) is 5.86. The zero-order valence-electron chi connectivity index (χ0n) is 15.9. The summed E-state index contributed by atoms with van der Waals surface area (Å²) in [6.07, 6.45) is 3.96. The SMILES string of the molecule is C/C(=C(/N)N=C(N(C)C=O)N1CCC2(CCOC2)CC1)c1cccc(Cl)c1. The van der Waals surface area contributed by atoms with Gasteiger partial charge >= 0.3 is 0 Å². The van der Waals surface area contributed by atoms with Crippen molar-refractivity contribution < 1.29 is 9.53 Å². The smallest absolute Gasteiger partial charge is 0.216 e. The lowest BCUT2D eigenvalue weighted by Gasteiger charge is -2.40. The van der Waals surface area contributed by atoms with Crippen LogP contribution in [0.4, 0.5) is 0 Å². The maximum absolute atomic E-state index is 11.4. The van der Waals surface area contributed by atoms with Crippen molar-refractivity contribution in [3.63, 3.8) is 0 Å². The van der Waals surface area contributed by atoms with Crippen LogP contribution in [0.5, 0.6) is 0 Å². The Labute approximate surface area is 165 Å². The summed E-state index contributed by atoms with van der Waals surface area (Å²) >= 11 is 6.08. The zero-order chi connectivity index (χ0) is 19.4. The first kappa shape index (κ1) is 19.7. The van der Waals surface area contributed by atoms with Gasteiger partial charge in [0.2, 0.25) is 12.4 Å². The molecule has 27 heavy (non-hydrogen) atoms. The van der Waals surface area contributed by atoms with Crippen molar-refractivity contribution in [2.45, 2.75) is 26.2 Å². The van der Waals surface area contributed by atoms with Gasteiger partial charge in [-0.2, -0.15) is 4.99 Å². The van der Waals surface area contributed by atoms with E-state index in [1.54, 1.807) is 7.05 Å². The lowest BCUT2D eigenvalue weighted by molar-refractivity contribution is -0.114. The summed E-state index contributed by atoms with van der Waals surface area (Å²) in [4.78, 5) is 19.7. The Hall–Kier alpha value is -2.05. The van der Waals surface area contributed by atoms with Gasteiger partial charge in [0.1, 0.15) is 5.82 Å². The number of carbonyl (C=O) groups excluding carboxylic acids is 1. The van der Waals surface area contributed by atoms with E-state index in [1.807, 2.05) is 31.2 Å². The van der Waals surface area contributed by atoms with E-state index >= 15 is 0 Å². The molecule has 6 nitrogen and oxygen atoms in total. The summed E-state index contributed by atoms with van der Waals surface area (Å²) in [5.74, 6) is 0.961. The van der Waals surface area contributed by atoms with Gasteiger partial charge in [-0.05, 0) is 54.9 Å². The monoisotopic (exact) mass is 390 g/mol. The molecule has 2 saturated heterocycles. The van der Waals surface area contributed by atoms with Crippen molar-refractivity contribution in [1.82, 2.24) is 9.80 Å². The first-order valence-electron chi connectivity index (χ1n) is 9.26. The second-order valence-electron chi connectivity index (χ2n) is 7.44. The van der Waals surface area contributed by atoms with Crippen LogP contribution in [0.2, 0.25) is 5.02 Å². The number of hydrogen-bond donors (Lipinski definition) is 1. The molecule has 2 N–H and O–H groups in total. The highest BCUT2D eigenvalue weighted by Crippen LogP contribution is 2.39. The molecule has 2 fully saturated rings. The number of guanidine groups is 1. The average Bonchev–Trinajstić information content (AvgIpc) is 3.13. The molecule has 1 aromatic rings. The van der Waals surface area contributed by atoms with Crippen LogP contribution in [0, 0.1) is 5.41 Å². The Balaban J connectivity index is 1.84. The van der Waals surface area contributed by atoms with Crippen LogP contribution in [0.25, 0.3) is 5.57 Å². The Morgan fingerprint density at radius 3 is 2.70 bits per heavy atom. The van der Waals surface area contributed by atoms with Crippen molar-refractivity contribution >= 4 is 29.5 Å². The summed E-state index contributed by atoms with van der Waals surface area (Å²) in [5.41, 5.74) is 8.31. The third-order valence-electron chi connectivity index (χ3n) is 5.63. The number of carbonyl (C=O) groups is 1. The summed E-state index contributed by atoms with van der Waals surface area (Å²) in [6.45, 7) is 5.27. The Morgan fingerprint density at radius 2 is 2.11 bits per heavy atom. The number of benzene rings is 1. The lowest BCUT2D eigenvalue weighted by atomic mass is 9.78. The Morgan fingerprint density at radius 1 is 1.37 bits per heavy atom. The van der Waals surface area contributed by atoms with Crippen LogP contribution in [0.1, 0.15) is 31.7 Å². The molecule has 146 valence electrons. The third kappa shape index (κ3) is 4.45. The molecule has 0 aromatic heterocycles. The van der Waals surface area contributed by atoms with Gasteiger partial charge in [-0.3, -0.25) is 9.69 Å². The quantitative estimate of drug-likeness (QED) is 0.489. The van der Waals surface area contributed by atoms with E-state index in [2.05, 4.69) is 9.89 Å². The number of nitrogens with zero attached hydrogens (tertiary/aromatic N) is 3. The molecule has 1 amide bonds. The van der Waals surface area contributed by atoms with Gasteiger partial charge in [0.15, 0.2) is 0 Å². The minimum absolute atomic E-state index is 0.291. The minimum atomic E-state index is 0.291. The van der Waals surface area contributed by atoms with E-state index in [1.165, 1.54) is 4.90 Å². The van der Waals surface area contributed by atoms with Crippen LogP contribution in [0.3, 0.4) is 0 Å². The molecule has 7 heteroatoms. The highest BCUT2D eigenvalue weighted by molar-refractivity contribution is 6.30. The number of piperidine rings is 1. The topological polar surface area (TPSA) is 71.2 Å². The molecule has 2 heterocycles. The number of ether oxygens (including phenoxy) is 1. The fraction of sp³-hybridized carbons (Fsp3) is 0.500. The van der Waals surface area contributed by atoms with Crippen LogP contribution in [-0.2, 0) is 9.53 Å². The van der Waals surface area contributed by atoms with Gasteiger partial charge < -0.3 is 15.4 Å². The van der Waals surface area contributed by atoms with Gasteiger partial charge in [0.25, 0.3) is 0 Å². The fourth-order valence-corrected chi connectivity index (χ4v) is 3.90. The van der Waals surface area contributed by atoms with E-state index in [0.29, 0.717) is 22.2 Å². The molecule has 0 unspecified atom stereocenters. The number of rotatable bonds is 3. The maximum atomic E-state index is 11.4. The highest BCUT2D eigenvalue weighted by Gasteiger charge is 2.39. The molecule has 0 saturated carbocycles. The van der Waals surface area contributed by atoms with Crippen molar-refractivity contribution in [3.8, 4) is 0 Å². The predicted molar refractivity (Wildman–Crippen MR) is 108 cm³/mol. The molecule has 1 spiro atoms. The molecule has 0 bridgehead atoms. The summed E-state index contributed by atoms with van der Waals surface area (Å²) in [6, 6.07) is 7.49. The maximum Gasteiger partial charge on any atom is 0.216 e. The number of aliphatic imine (C=N–C) groups is 1. The summed E-state index contributed by atoms with van der Waals surface area (Å²) in [7, 11) is 1.71. The van der Waals surface area contributed by atoms with Crippen molar-refractivity contribution in [2.75, 3.05) is 33.4 Å². The number of hydrogen-bond acceptors (Lipinski definition) is 4. The molecule has 1 aromatic carbocycles. The van der Waals surface area contributed by atoms with Crippen LogP contribution in [-0.4, -0.2) is 55.5 Å². The summed E-state index contributed by atoms with van der Waals surface area (Å²) < 4.78 is 5.60. The van der Waals surface area contributed by atoms with Gasteiger partial charge in [-0.15, -0.1) is 0 Å². The molecular weight excluding hydrogens is 364 g/mol. The standard InChI is InChI=1S/C20H27ClN4O2/c1-15(16-4-3-5-17(21)12-16)18(22)23-19(24(2)14-26)25-9-6-20(7-10-25)8-11-27-13-20/h3-5,12,14H,6-11,13,22H2,1-2H3/b18-15+,23-19?. The normalized spacial score (nSPS) is 20.6. The molecule has 0 radical (unpaired) electrons. The number of likely N-dealkylation sites (tertiary alicyclic amines) is 1. The predicted octanol–water partition coefficient (Wildman–Crippen LogP) is 2.93. The van der Waals surface area contributed by atoms with E-state index in [4.69, 9.17) is 22.1 Å². The largest absolute Gasteiger partial charge is 0.383 e. The van der Waals surface area contributed by atoms with E-state index in [0.717, 1.165) is 63.1 Å². The van der Waals surface area contributed by atoms with Gasteiger partial charge in [0.05, 0.1) is 6.61 Å². The average molecular weight is 391 g/mol. The van der Waals surface area contributed by atoms with E-state index in [9.17, 15) is 4.79 Å². The molecule has 0 aliphatic carbocycles. The highest BCUT2D eigenvalue weighted by atomic mass is 35.5. The molecule has 0 atom stereocenters. The number of halogens is 1. The summed E-state index contributed by atoms with van der Waals surface area (Å²) in [5, 5.41) is 0.647. The Bertz CT molecular complexity index is 746. The Kier molecular flexibility index (Phi) is 6.07. The van der Waals surface area contributed by atoms with Crippen LogP contribution >= 0.6 is 11.6 Å². The molecule has 2 aliphatic rings. The molecule has 2 aliphatic heterocycles. The van der Waals surface area contributed by atoms with Crippen molar-refractivity contribution in [1.29, 1.82) is 0 Å². The van der Waals surface area contributed by atoms with Crippen LogP contribution < -0.4 is 5.73 Å². The number of allylic oxidation sites excluding steroid dienone is 1. The second-order valence-corrected chi connectivity index (χ2v) is 7.87. The number of nitrogens with two attached hydrogens (primary N) is 1. The lowest BCUT2D eigenvalue weighted by Crippen LogP contribution is -2.48. The first-order chi connectivity index (χ1) is 12.9. The zero-order valence-corrected chi connectivity index (χ0v) is 16.7. The van der Waals surface area contributed by atoms with E-state index < -0.39 is 0 Å². The number of amides is 1. The van der Waals surface area contributed by atoms with Gasteiger partial charge in [-0.25, -0.2) is 0 Å². The second kappa shape index (κ2) is 8.31. The van der Waals surface area contributed by atoms with Crippen molar-refractivity contribution in [2.24, 2.45) is 16.1 Å².